The molecular weight excluding hydrogens is 154 g/mol. The molecule has 4 nitrogen and oxygen atoms in total. The van der Waals surface area contributed by atoms with Crippen molar-refractivity contribution in [2.75, 3.05) is 0 Å². The molecule has 70 valence electrons. The summed E-state index contributed by atoms with van der Waals surface area (Å²) in [4.78, 5) is 0. The quantitative estimate of drug-likeness (QED) is 0.250. The third-order valence-corrected chi connectivity index (χ3v) is 2.47. The molecular formula is C8H17N3O. The van der Waals surface area contributed by atoms with E-state index >= 15 is 0 Å². The summed E-state index contributed by atoms with van der Waals surface area (Å²) < 4.78 is 0. The molecule has 1 rings (SSSR count). The molecule has 0 aromatic carbocycles. The summed E-state index contributed by atoms with van der Waals surface area (Å²) in [5.41, 5.74) is 5.42. The lowest BCUT2D eigenvalue weighted by molar-refractivity contribution is 0.315. The van der Waals surface area contributed by atoms with Gasteiger partial charge in [-0.3, -0.25) is 0 Å². The fourth-order valence-electron chi connectivity index (χ4n) is 1.40. The predicted molar refractivity (Wildman–Crippen MR) is 48.2 cm³/mol. The van der Waals surface area contributed by atoms with E-state index < -0.39 is 0 Å². The number of nitrogens with one attached hydrogen (secondary N) is 1. The van der Waals surface area contributed by atoms with E-state index in [4.69, 9.17) is 10.9 Å². The molecule has 4 N–H and O–H groups in total. The first kappa shape index (κ1) is 9.32. The van der Waals surface area contributed by atoms with Gasteiger partial charge >= 0.3 is 0 Å². The second-order valence-corrected chi connectivity index (χ2v) is 3.42. The van der Waals surface area contributed by atoms with Crippen molar-refractivity contribution in [2.45, 2.75) is 38.8 Å². The SMILES string of the molecule is CCC1CC1NC(C)C(N)=NO. The molecule has 0 heterocycles. The average molecular weight is 171 g/mol. The van der Waals surface area contributed by atoms with Crippen LogP contribution in [-0.2, 0) is 0 Å². The van der Waals surface area contributed by atoms with Crippen molar-refractivity contribution in [3.05, 3.63) is 0 Å². The van der Waals surface area contributed by atoms with Gasteiger partial charge in [0.1, 0.15) is 0 Å². The van der Waals surface area contributed by atoms with E-state index in [1.165, 1.54) is 12.8 Å². The minimum absolute atomic E-state index is 0.0171. The fourth-order valence-corrected chi connectivity index (χ4v) is 1.40. The fraction of sp³-hybridized carbons (Fsp3) is 0.875. The van der Waals surface area contributed by atoms with Gasteiger partial charge in [0.15, 0.2) is 5.84 Å². The molecule has 3 atom stereocenters. The second kappa shape index (κ2) is 3.76. The van der Waals surface area contributed by atoms with Crippen LogP contribution in [0.15, 0.2) is 5.16 Å². The molecule has 1 fully saturated rings. The zero-order valence-electron chi connectivity index (χ0n) is 7.62. The molecule has 1 saturated carbocycles. The maximum atomic E-state index is 8.38. The number of nitrogens with zero attached hydrogens (tertiary/aromatic N) is 1. The highest BCUT2D eigenvalue weighted by molar-refractivity contribution is 5.84. The van der Waals surface area contributed by atoms with Crippen LogP contribution in [0.3, 0.4) is 0 Å². The minimum Gasteiger partial charge on any atom is -0.409 e. The number of oxime groups is 1. The van der Waals surface area contributed by atoms with E-state index in [-0.39, 0.29) is 11.9 Å². The van der Waals surface area contributed by atoms with Crippen molar-refractivity contribution >= 4 is 5.84 Å². The van der Waals surface area contributed by atoms with Crippen molar-refractivity contribution in [3.63, 3.8) is 0 Å². The molecule has 1 aliphatic carbocycles. The van der Waals surface area contributed by atoms with Gasteiger partial charge in [-0.05, 0) is 19.3 Å². The Balaban J connectivity index is 2.24. The summed E-state index contributed by atoms with van der Waals surface area (Å²) in [6, 6.07) is 0.557. The largest absolute Gasteiger partial charge is 0.409 e. The van der Waals surface area contributed by atoms with Crippen molar-refractivity contribution in [3.8, 4) is 0 Å². The summed E-state index contributed by atoms with van der Waals surface area (Å²) in [6.45, 7) is 4.08. The third-order valence-electron chi connectivity index (χ3n) is 2.47. The van der Waals surface area contributed by atoms with Crippen LogP contribution >= 0.6 is 0 Å². The van der Waals surface area contributed by atoms with Crippen LogP contribution in [-0.4, -0.2) is 23.1 Å². The number of hydrogen-bond acceptors (Lipinski definition) is 3. The van der Waals surface area contributed by atoms with E-state index in [2.05, 4.69) is 17.4 Å². The Morgan fingerprint density at radius 3 is 2.92 bits per heavy atom. The highest BCUT2D eigenvalue weighted by Gasteiger charge is 2.36. The van der Waals surface area contributed by atoms with Crippen molar-refractivity contribution in [2.24, 2.45) is 16.8 Å². The molecule has 0 aromatic heterocycles. The molecule has 0 saturated heterocycles. The lowest BCUT2D eigenvalue weighted by Gasteiger charge is -2.11. The average Bonchev–Trinajstić information content (AvgIpc) is 2.81. The Morgan fingerprint density at radius 1 is 1.83 bits per heavy atom. The van der Waals surface area contributed by atoms with Gasteiger partial charge < -0.3 is 16.3 Å². The highest BCUT2D eigenvalue weighted by Crippen LogP contribution is 2.33. The number of nitrogens with two attached hydrogens (primary N) is 1. The van der Waals surface area contributed by atoms with Crippen molar-refractivity contribution < 1.29 is 5.21 Å². The molecule has 0 bridgehead atoms. The molecule has 0 spiro atoms. The zero-order chi connectivity index (χ0) is 9.14. The number of hydrogen-bond donors (Lipinski definition) is 3. The minimum atomic E-state index is -0.0171. The Kier molecular flexibility index (Phi) is 2.92. The first-order chi connectivity index (χ1) is 5.69. The molecule has 1 aliphatic rings. The van der Waals surface area contributed by atoms with E-state index in [1.807, 2.05) is 6.92 Å². The summed E-state index contributed by atoms with van der Waals surface area (Å²) in [5, 5.41) is 14.6. The Bertz CT molecular complexity index is 181. The van der Waals surface area contributed by atoms with Crippen LogP contribution in [0, 0.1) is 5.92 Å². The summed E-state index contributed by atoms with van der Waals surface area (Å²) >= 11 is 0. The van der Waals surface area contributed by atoms with E-state index in [0.717, 1.165) is 5.92 Å². The monoisotopic (exact) mass is 171 g/mol. The normalized spacial score (nSPS) is 31.7. The van der Waals surface area contributed by atoms with Crippen molar-refractivity contribution in [1.29, 1.82) is 0 Å². The first-order valence-electron chi connectivity index (χ1n) is 4.42. The van der Waals surface area contributed by atoms with Gasteiger partial charge in [0.25, 0.3) is 0 Å². The van der Waals surface area contributed by atoms with Crippen LogP contribution in [0.4, 0.5) is 0 Å². The van der Waals surface area contributed by atoms with E-state index in [9.17, 15) is 0 Å². The molecule has 3 unspecified atom stereocenters. The smallest absolute Gasteiger partial charge is 0.156 e. The summed E-state index contributed by atoms with van der Waals surface area (Å²) in [7, 11) is 0. The highest BCUT2D eigenvalue weighted by atomic mass is 16.4. The summed E-state index contributed by atoms with van der Waals surface area (Å²) in [6.07, 6.45) is 2.43. The standard InChI is InChI=1S/C8H17N3O/c1-3-6-4-7(6)10-5(2)8(9)11-12/h5-7,10,12H,3-4H2,1-2H3,(H2,9,11). The van der Waals surface area contributed by atoms with Crippen LogP contribution < -0.4 is 11.1 Å². The zero-order valence-corrected chi connectivity index (χ0v) is 7.62. The van der Waals surface area contributed by atoms with Crippen molar-refractivity contribution in [1.82, 2.24) is 5.32 Å². The third kappa shape index (κ3) is 2.11. The number of rotatable bonds is 4. The first-order valence-corrected chi connectivity index (χ1v) is 4.42. The van der Waals surface area contributed by atoms with Crippen LogP contribution in [0.25, 0.3) is 0 Å². The molecule has 4 heteroatoms. The van der Waals surface area contributed by atoms with Gasteiger partial charge in [0, 0.05) is 6.04 Å². The Morgan fingerprint density at radius 2 is 2.50 bits per heavy atom. The van der Waals surface area contributed by atoms with Gasteiger partial charge in [-0.1, -0.05) is 18.5 Å². The summed E-state index contributed by atoms with van der Waals surface area (Å²) in [5.74, 6) is 1.05. The van der Waals surface area contributed by atoms with E-state index in [1.54, 1.807) is 0 Å². The molecule has 0 radical (unpaired) electrons. The maximum absolute atomic E-state index is 8.38. The van der Waals surface area contributed by atoms with Gasteiger partial charge in [-0.15, -0.1) is 0 Å². The molecule has 0 aliphatic heterocycles. The van der Waals surface area contributed by atoms with Crippen LogP contribution in [0.1, 0.15) is 26.7 Å². The van der Waals surface area contributed by atoms with Crippen LogP contribution in [0.5, 0.6) is 0 Å². The molecule has 12 heavy (non-hydrogen) atoms. The van der Waals surface area contributed by atoms with Gasteiger partial charge in [0.05, 0.1) is 6.04 Å². The van der Waals surface area contributed by atoms with Gasteiger partial charge in [-0.2, -0.15) is 0 Å². The lowest BCUT2D eigenvalue weighted by atomic mass is 10.3. The number of amidine groups is 1. The Labute approximate surface area is 72.8 Å². The Hall–Kier alpha value is -0.770. The topological polar surface area (TPSA) is 70.6 Å². The van der Waals surface area contributed by atoms with Gasteiger partial charge in [-0.25, -0.2) is 0 Å². The maximum Gasteiger partial charge on any atom is 0.156 e. The molecule has 0 aromatic rings. The van der Waals surface area contributed by atoms with E-state index in [0.29, 0.717) is 6.04 Å². The second-order valence-electron chi connectivity index (χ2n) is 3.42. The van der Waals surface area contributed by atoms with Crippen LogP contribution in [0.2, 0.25) is 0 Å². The molecule has 0 amide bonds. The lowest BCUT2D eigenvalue weighted by Crippen LogP contribution is -2.40. The predicted octanol–water partition coefficient (Wildman–Crippen LogP) is 0.509. The van der Waals surface area contributed by atoms with Gasteiger partial charge in [0.2, 0.25) is 0 Å².